The van der Waals surface area contributed by atoms with E-state index < -0.39 is 20.5 Å². The minimum atomic E-state index is -2.01. The van der Waals surface area contributed by atoms with Gasteiger partial charge in [-0.1, -0.05) is 25.9 Å². The topological polar surface area (TPSA) is 111 Å². The standard InChI is InChI=1S/C17H26N4O3Si/c1-17(2,3)25(4,5)24-11-15(20-21-19)16(22)12-23-14-8-6-13(10-18)7-9-14/h6-9,15-16,22H,11-12H2,1-5H3/t15-,16+/m0/s1. The molecule has 0 bridgehead atoms. The highest BCUT2D eigenvalue weighted by Gasteiger charge is 2.38. The van der Waals surface area contributed by atoms with Crippen LogP contribution in [0.2, 0.25) is 18.1 Å². The molecule has 0 spiro atoms. The summed E-state index contributed by atoms with van der Waals surface area (Å²) in [4.78, 5) is 2.81. The second-order valence-electron chi connectivity index (χ2n) is 7.36. The number of nitrogens with zero attached hydrogens (tertiary/aromatic N) is 4. The lowest BCUT2D eigenvalue weighted by Crippen LogP contribution is -2.44. The Labute approximate surface area is 149 Å². The monoisotopic (exact) mass is 362 g/mol. The summed E-state index contributed by atoms with van der Waals surface area (Å²) in [5.41, 5.74) is 9.28. The average molecular weight is 363 g/mol. The van der Waals surface area contributed by atoms with Gasteiger partial charge in [0.25, 0.3) is 0 Å². The van der Waals surface area contributed by atoms with Gasteiger partial charge >= 0.3 is 0 Å². The molecule has 0 aliphatic heterocycles. The number of benzene rings is 1. The van der Waals surface area contributed by atoms with Gasteiger partial charge in [-0.25, -0.2) is 0 Å². The van der Waals surface area contributed by atoms with Crippen molar-refractivity contribution in [3.05, 3.63) is 40.3 Å². The van der Waals surface area contributed by atoms with Gasteiger partial charge in [0, 0.05) is 11.5 Å². The molecule has 0 unspecified atom stereocenters. The van der Waals surface area contributed by atoms with Gasteiger partial charge in [-0.05, 0) is 47.9 Å². The molecule has 2 atom stereocenters. The fourth-order valence-electron chi connectivity index (χ4n) is 1.72. The normalized spacial score (nSPS) is 14.1. The summed E-state index contributed by atoms with van der Waals surface area (Å²) >= 11 is 0. The van der Waals surface area contributed by atoms with Gasteiger partial charge in [-0.3, -0.25) is 0 Å². The first-order chi connectivity index (χ1) is 11.6. The van der Waals surface area contributed by atoms with Crippen LogP contribution in [-0.4, -0.2) is 38.8 Å². The van der Waals surface area contributed by atoms with Crippen molar-refractivity contribution in [3.63, 3.8) is 0 Å². The van der Waals surface area contributed by atoms with Crippen LogP contribution in [0.25, 0.3) is 10.4 Å². The highest BCUT2D eigenvalue weighted by atomic mass is 28.4. The molecular weight excluding hydrogens is 336 g/mol. The molecule has 8 heteroatoms. The van der Waals surface area contributed by atoms with Crippen LogP contribution in [-0.2, 0) is 4.43 Å². The first-order valence-electron chi connectivity index (χ1n) is 8.10. The largest absolute Gasteiger partial charge is 0.491 e. The van der Waals surface area contributed by atoms with Crippen molar-refractivity contribution in [3.8, 4) is 11.8 Å². The SMILES string of the molecule is CC(C)(C)[Si](C)(C)OC[C@H](N=[N+]=[N-])[C@H](O)COc1ccc(C#N)cc1. The lowest BCUT2D eigenvalue weighted by atomic mass is 10.2. The molecule has 0 saturated heterocycles. The van der Waals surface area contributed by atoms with E-state index >= 15 is 0 Å². The fraction of sp³-hybridized carbons (Fsp3) is 0.588. The molecule has 0 aliphatic rings. The average Bonchev–Trinajstić information content (AvgIpc) is 2.55. The Morgan fingerprint density at radius 2 is 1.88 bits per heavy atom. The van der Waals surface area contributed by atoms with Crippen LogP contribution in [0, 0.1) is 11.3 Å². The van der Waals surface area contributed by atoms with Gasteiger partial charge in [-0.15, -0.1) is 0 Å². The molecule has 0 amide bonds. The summed E-state index contributed by atoms with van der Waals surface area (Å²) < 4.78 is 11.5. The maximum Gasteiger partial charge on any atom is 0.191 e. The first kappa shape index (κ1) is 21.0. The quantitative estimate of drug-likeness (QED) is 0.326. The van der Waals surface area contributed by atoms with Crippen molar-refractivity contribution in [1.29, 1.82) is 5.26 Å². The molecule has 0 heterocycles. The Morgan fingerprint density at radius 1 is 1.28 bits per heavy atom. The Kier molecular flexibility index (Phi) is 7.46. The third kappa shape index (κ3) is 6.40. The summed E-state index contributed by atoms with van der Waals surface area (Å²) in [5, 5.41) is 22.7. The molecule has 136 valence electrons. The zero-order valence-electron chi connectivity index (χ0n) is 15.4. The van der Waals surface area contributed by atoms with Gasteiger partial charge in [0.2, 0.25) is 0 Å². The minimum absolute atomic E-state index is 0.0256. The number of rotatable bonds is 8. The van der Waals surface area contributed by atoms with E-state index in [9.17, 15) is 5.11 Å². The maximum absolute atomic E-state index is 10.3. The molecule has 1 aromatic carbocycles. The summed E-state index contributed by atoms with van der Waals surface area (Å²) in [5.74, 6) is 0.531. The Bertz CT molecular complexity index is 643. The Morgan fingerprint density at radius 3 is 2.36 bits per heavy atom. The van der Waals surface area contributed by atoms with Crippen LogP contribution in [0.5, 0.6) is 5.75 Å². The molecule has 1 N–H and O–H groups in total. The van der Waals surface area contributed by atoms with E-state index in [1.807, 2.05) is 6.07 Å². The Balaban J connectivity index is 2.65. The Hall–Kier alpha value is -2.04. The van der Waals surface area contributed by atoms with Crippen LogP contribution in [0.4, 0.5) is 0 Å². The van der Waals surface area contributed by atoms with E-state index in [1.54, 1.807) is 24.3 Å². The van der Waals surface area contributed by atoms with Gasteiger partial charge in [-0.2, -0.15) is 5.26 Å². The van der Waals surface area contributed by atoms with Gasteiger partial charge < -0.3 is 14.3 Å². The molecule has 0 saturated carbocycles. The summed E-state index contributed by atoms with van der Waals surface area (Å²) in [6.07, 6.45) is -0.990. The second-order valence-corrected chi connectivity index (χ2v) is 12.2. The van der Waals surface area contributed by atoms with Crippen LogP contribution >= 0.6 is 0 Å². The van der Waals surface area contributed by atoms with Gasteiger partial charge in [0.05, 0.1) is 23.8 Å². The molecule has 1 aromatic rings. The molecule has 0 fully saturated rings. The molecular formula is C17H26N4O3Si. The maximum atomic E-state index is 10.3. The highest BCUT2D eigenvalue weighted by molar-refractivity contribution is 6.74. The van der Waals surface area contributed by atoms with Crippen molar-refractivity contribution >= 4 is 8.32 Å². The third-order valence-electron chi connectivity index (χ3n) is 4.47. The van der Waals surface area contributed by atoms with Gasteiger partial charge in [0.1, 0.15) is 12.4 Å². The first-order valence-corrected chi connectivity index (χ1v) is 11.0. The van der Waals surface area contributed by atoms with E-state index in [0.717, 1.165) is 0 Å². The molecule has 1 rings (SSSR count). The van der Waals surface area contributed by atoms with Crippen molar-refractivity contribution in [2.45, 2.75) is 51.0 Å². The van der Waals surface area contributed by atoms with Crippen molar-refractivity contribution in [2.75, 3.05) is 13.2 Å². The number of ether oxygens (including phenoxy) is 1. The number of aliphatic hydroxyl groups excluding tert-OH is 1. The van der Waals surface area contributed by atoms with E-state index in [-0.39, 0.29) is 18.3 Å². The van der Waals surface area contributed by atoms with E-state index in [4.69, 9.17) is 20.0 Å². The number of azide groups is 1. The van der Waals surface area contributed by atoms with Crippen molar-refractivity contribution in [1.82, 2.24) is 0 Å². The molecule has 0 aromatic heterocycles. The third-order valence-corrected chi connectivity index (χ3v) is 8.97. The number of hydrogen-bond acceptors (Lipinski definition) is 5. The smallest absolute Gasteiger partial charge is 0.191 e. The predicted molar refractivity (Wildman–Crippen MR) is 98.7 cm³/mol. The molecule has 25 heavy (non-hydrogen) atoms. The van der Waals surface area contributed by atoms with Crippen LogP contribution < -0.4 is 4.74 Å². The zero-order valence-corrected chi connectivity index (χ0v) is 16.4. The van der Waals surface area contributed by atoms with Crippen molar-refractivity contribution in [2.24, 2.45) is 5.11 Å². The van der Waals surface area contributed by atoms with Crippen LogP contribution in [0.1, 0.15) is 26.3 Å². The highest BCUT2D eigenvalue weighted by Crippen LogP contribution is 2.36. The number of nitriles is 1. The van der Waals surface area contributed by atoms with Crippen LogP contribution in [0.3, 0.4) is 0 Å². The zero-order chi connectivity index (χ0) is 19.1. The van der Waals surface area contributed by atoms with Crippen LogP contribution in [0.15, 0.2) is 29.4 Å². The molecule has 0 radical (unpaired) electrons. The van der Waals surface area contributed by atoms with Crippen molar-refractivity contribution < 1.29 is 14.3 Å². The second kappa shape index (κ2) is 8.88. The minimum Gasteiger partial charge on any atom is -0.491 e. The lowest BCUT2D eigenvalue weighted by molar-refractivity contribution is 0.0660. The summed E-state index contributed by atoms with van der Waals surface area (Å²) in [6, 6.07) is 7.87. The predicted octanol–water partition coefficient (Wildman–Crippen LogP) is 4.00. The number of hydrogen-bond donors (Lipinski definition) is 1. The number of aliphatic hydroxyl groups is 1. The summed E-state index contributed by atoms with van der Waals surface area (Å²) in [7, 11) is -2.01. The lowest BCUT2D eigenvalue weighted by Gasteiger charge is -2.37. The summed E-state index contributed by atoms with van der Waals surface area (Å²) in [6.45, 7) is 10.7. The van der Waals surface area contributed by atoms with E-state index in [0.29, 0.717) is 11.3 Å². The van der Waals surface area contributed by atoms with E-state index in [1.165, 1.54) is 0 Å². The van der Waals surface area contributed by atoms with E-state index in [2.05, 4.69) is 43.9 Å². The fourth-order valence-corrected chi connectivity index (χ4v) is 2.74. The molecule has 7 nitrogen and oxygen atoms in total. The van der Waals surface area contributed by atoms with Gasteiger partial charge in [0.15, 0.2) is 8.32 Å². The molecule has 0 aliphatic carbocycles.